The monoisotopic (exact) mass is 315 g/mol. The second-order valence-electron chi connectivity index (χ2n) is 4.86. The van der Waals surface area contributed by atoms with Gasteiger partial charge in [0.15, 0.2) is 0 Å². The maximum Gasteiger partial charge on any atom is 0.307 e. The Balaban J connectivity index is 2.81. The van der Waals surface area contributed by atoms with Gasteiger partial charge in [-0.2, -0.15) is 0 Å². The Bertz CT molecular complexity index is 568. The molecular weight excluding hydrogens is 294 g/mol. The average molecular weight is 315 g/mol. The molecular formula is C14H21NO5S. The standard InChI is InChI=1S/C14H21NO5S/c1-4-9-20-12-5-7-13(8-6-12)21(18,19)15-11(3)10(2)14(16)17/h5-8,10-11,15H,4,9H2,1-3H3,(H,16,17). The first-order chi connectivity index (χ1) is 9.77. The molecule has 7 heteroatoms. The highest BCUT2D eigenvalue weighted by Crippen LogP contribution is 2.17. The molecule has 0 aliphatic rings. The number of ether oxygens (including phenoxy) is 1. The highest BCUT2D eigenvalue weighted by molar-refractivity contribution is 7.89. The molecule has 6 nitrogen and oxygen atoms in total. The van der Waals surface area contributed by atoms with Gasteiger partial charge in [-0.15, -0.1) is 0 Å². The lowest BCUT2D eigenvalue weighted by Gasteiger charge is -2.18. The molecule has 0 bridgehead atoms. The normalized spacial score (nSPS) is 14.4. The molecule has 0 radical (unpaired) electrons. The van der Waals surface area contributed by atoms with Crippen molar-refractivity contribution in [3.8, 4) is 5.75 Å². The number of aliphatic carboxylic acids is 1. The van der Waals surface area contributed by atoms with Crippen LogP contribution in [0.25, 0.3) is 0 Å². The maximum absolute atomic E-state index is 12.2. The van der Waals surface area contributed by atoms with E-state index in [2.05, 4.69) is 4.72 Å². The van der Waals surface area contributed by atoms with Crippen LogP contribution in [0.15, 0.2) is 29.2 Å². The number of carbonyl (C=O) groups is 1. The van der Waals surface area contributed by atoms with E-state index in [-0.39, 0.29) is 4.90 Å². The molecule has 21 heavy (non-hydrogen) atoms. The predicted octanol–water partition coefficient (Wildman–Crippen LogP) is 1.86. The molecule has 2 atom stereocenters. The van der Waals surface area contributed by atoms with Crippen LogP contribution in [-0.2, 0) is 14.8 Å². The molecule has 0 saturated heterocycles. The van der Waals surface area contributed by atoms with Gasteiger partial charge in [-0.25, -0.2) is 13.1 Å². The first-order valence-corrected chi connectivity index (χ1v) is 8.24. The summed E-state index contributed by atoms with van der Waals surface area (Å²) in [6, 6.07) is 5.32. The molecule has 1 rings (SSSR count). The second-order valence-corrected chi connectivity index (χ2v) is 6.57. The van der Waals surface area contributed by atoms with Gasteiger partial charge in [0.05, 0.1) is 17.4 Å². The van der Waals surface area contributed by atoms with E-state index in [1.807, 2.05) is 6.92 Å². The van der Waals surface area contributed by atoms with Gasteiger partial charge in [0.25, 0.3) is 0 Å². The van der Waals surface area contributed by atoms with Crippen molar-refractivity contribution in [2.24, 2.45) is 5.92 Å². The van der Waals surface area contributed by atoms with E-state index < -0.39 is 28.0 Å². The number of hydrogen-bond donors (Lipinski definition) is 2. The number of benzene rings is 1. The third kappa shape index (κ3) is 5.02. The lowest BCUT2D eigenvalue weighted by molar-refractivity contribution is -0.141. The first kappa shape index (κ1) is 17.5. The number of sulfonamides is 1. The lowest BCUT2D eigenvalue weighted by atomic mass is 10.1. The quantitative estimate of drug-likeness (QED) is 0.764. The highest BCUT2D eigenvalue weighted by atomic mass is 32.2. The van der Waals surface area contributed by atoms with Crippen molar-refractivity contribution in [1.82, 2.24) is 4.72 Å². The molecule has 0 aromatic heterocycles. The number of hydrogen-bond acceptors (Lipinski definition) is 4. The fourth-order valence-electron chi connectivity index (χ4n) is 1.56. The van der Waals surface area contributed by atoms with Crippen LogP contribution in [0.4, 0.5) is 0 Å². The van der Waals surface area contributed by atoms with Crippen molar-refractivity contribution < 1.29 is 23.1 Å². The number of rotatable bonds is 8. The molecule has 0 amide bonds. The number of carboxylic acid groups (broad SMARTS) is 1. The van der Waals surface area contributed by atoms with Gasteiger partial charge < -0.3 is 9.84 Å². The lowest BCUT2D eigenvalue weighted by Crippen LogP contribution is -2.39. The van der Waals surface area contributed by atoms with E-state index in [0.717, 1.165) is 6.42 Å². The average Bonchev–Trinajstić information content (AvgIpc) is 2.44. The summed E-state index contributed by atoms with van der Waals surface area (Å²) in [7, 11) is -3.74. The third-order valence-corrected chi connectivity index (χ3v) is 4.66. The van der Waals surface area contributed by atoms with E-state index >= 15 is 0 Å². The van der Waals surface area contributed by atoms with Crippen molar-refractivity contribution in [3.63, 3.8) is 0 Å². The fraction of sp³-hybridized carbons (Fsp3) is 0.500. The molecule has 0 aliphatic heterocycles. The van der Waals surface area contributed by atoms with Gasteiger partial charge in [-0.3, -0.25) is 4.79 Å². The Kier molecular flexibility index (Phi) is 6.17. The van der Waals surface area contributed by atoms with E-state index in [1.165, 1.54) is 26.0 Å². The molecule has 0 heterocycles. The molecule has 1 aromatic carbocycles. The van der Waals surface area contributed by atoms with Crippen molar-refractivity contribution in [2.75, 3.05) is 6.61 Å². The summed E-state index contributed by atoms with van der Waals surface area (Å²) in [5.74, 6) is -1.26. The minimum Gasteiger partial charge on any atom is -0.494 e. The maximum atomic E-state index is 12.2. The van der Waals surface area contributed by atoms with E-state index in [0.29, 0.717) is 12.4 Å². The highest BCUT2D eigenvalue weighted by Gasteiger charge is 2.25. The zero-order valence-electron chi connectivity index (χ0n) is 12.4. The SMILES string of the molecule is CCCOc1ccc(S(=O)(=O)NC(C)C(C)C(=O)O)cc1. The number of carboxylic acids is 1. The van der Waals surface area contributed by atoms with Crippen molar-refractivity contribution in [3.05, 3.63) is 24.3 Å². The van der Waals surface area contributed by atoms with Gasteiger partial charge in [0.1, 0.15) is 5.75 Å². The largest absolute Gasteiger partial charge is 0.494 e. The van der Waals surface area contributed by atoms with Crippen LogP contribution in [0.5, 0.6) is 5.75 Å². The summed E-state index contributed by atoms with van der Waals surface area (Å²) in [6.45, 7) is 5.53. The molecule has 118 valence electrons. The minimum atomic E-state index is -3.74. The first-order valence-electron chi connectivity index (χ1n) is 6.76. The van der Waals surface area contributed by atoms with Crippen molar-refractivity contribution in [1.29, 1.82) is 0 Å². The fourth-order valence-corrected chi connectivity index (χ4v) is 2.89. The van der Waals surface area contributed by atoms with Crippen LogP contribution in [0, 0.1) is 5.92 Å². The topological polar surface area (TPSA) is 92.7 Å². The van der Waals surface area contributed by atoms with Crippen LogP contribution in [0.2, 0.25) is 0 Å². The van der Waals surface area contributed by atoms with E-state index in [9.17, 15) is 13.2 Å². The zero-order chi connectivity index (χ0) is 16.0. The predicted molar refractivity (Wildman–Crippen MR) is 78.8 cm³/mol. The summed E-state index contributed by atoms with van der Waals surface area (Å²) in [4.78, 5) is 10.9. The number of nitrogens with one attached hydrogen (secondary N) is 1. The van der Waals surface area contributed by atoms with Gasteiger partial charge in [0, 0.05) is 6.04 Å². The Morgan fingerprint density at radius 1 is 1.29 bits per heavy atom. The van der Waals surface area contributed by atoms with E-state index in [1.54, 1.807) is 12.1 Å². The molecule has 0 aliphatic carbocycles. The van der Waals surface area contributed by atoms with Crippen LogP contribution < -0.4 is 9.46 Å². The third-order valence-electron chi connectivity index (χ3n) is 3.09. The van der Waals surface area contributed by atoms with Crippen LogP contribution >= 0.6 is 0 Å². The second kappa shape index (κ2) is 7.42. The Morgan fingerprint density at radius 3 is 2.33 bits per heavy atom. The smallest absolute Gasteiger partial charge is 0.307 e. The molecule has 0 fully saturated rings. The van der Waals surface area contributed by atoms with Gasteiger partial charge in [-0.05, 0) is 37.6 Å². The summed E-state index contributed by atoms with van der Waals surface area (Å²) in [6.07, 6.45) is 0.867. The molecule has 0 spiro atoms. The summed E-state index contributed by atoms with van der Waals surface area (Å²) in [5, 5.41) is 8.89. The molecule has 2 unspecified atom stereocenters. The molecule has 0 saturated carbocycles. The Hall–Kier alpha value is -1.60. The minimum absolute atomic E-state index is 0.0794. The van der Waals surface area contributed by atoms with Gasteiger partial charge in [-0.1, -0.05) is 13.8 Å². The van der Waals surface area contributed by atoms with Gasteiger partial charge in [0.2, 0.25) is 10.0 Å². The molecule has 1 aromatic rings. The van der Waals surface area contributed by atoms with Crippen LogP contribution in [-0.4, -0.2) is 32.1 Å². The zero-order valence-corrected chi connectivity index (χ0v) is 13.2. The van der Waals surface area contributed by atoms with Crippen LogP contribution in [0.1, 0.15) is 27.2 Å². The summed E-state index contributed by atoms with van der Waals surface area (Å²) >= 11 is 0. The Morgan fingerprint density at radius 2 is 1.86 bits per heavy atom. The summed E-state index contributed by atoms with van der Waals surface area (Å²) in [5.41, 5.74) is 0. The van der Waals surface area contributed by atoms with E-state index in [4.69, 9.17) is 9.84 Å². The van der Waals surface area contributed by atoms with Crippen LogP contribution in [0.3, 0.4) is 0 Å². The Labute approximate surface area is 125 Å². The van der Waals surface area contributed by atoms with Crippen molar-refractivity contribution in [2.45, 2.75) is 38.1 Å². The molecule has 2 N–H and O–H groups in total. The summed E-state index contributed by atoms with van der Waals surface area (Å²) < 4.78 is 32.0. The van der Waals surface area contributed by atoms with Gasteiger partial charge >= 0.3 is 5.97 Å². The van der Waals surface area contributed by atoms with Crippen molar-refractivity contribution >= 4 is 16.0 Å².